The molecule has 4 amide bonds. The van der Waals surface area contributed by atoms with Gasteiger partial charge in [-0.3, -0.25) is 24.5 Å². The maximum atomic E-state index is 14.2. The van der Waals surface area contributed by atoms with Crippen LogP contribution in [0.2, 0.25) is 0 Å². The van der Waals surface area contributed by atoms with E-state index in [2.05, 4.69) is 5.32 Å². The monoisotopic (exact) mass is 558 g/mol. The number of benzene rings is 2. The van der Waals surface area contributed by atoms with Crippen LogP contribution in [0.3, 0.4) is 0 Å². The Hall–Kier alpha value is -3.43. The number of amides is 4. The first-order valence-corrected chi connectivity index (χ1v) is 12.7. The third-order valence-corrected chi connectivity index (χ3v) is 9.71. The molecule has 4 aliphatic rings. The molecule has 11 heteroatoms. The largest absolute Gasteiger partial charge is 0.504 e. The standard InChI is InChI=1S/C27H21Cl2FN2O6/c1-38-18-4-2-3-16(21(18)33)20-14-9-10-15-19(23(35)31-22(15)34)17(14)11-26(28)24(36)32(25(37)27(20,26)29)13-7-5-12(30)6-8-13/h2-9,15,17,19-20,33H,10-11H2,1H3,(H,31,34,35)/t15-,17+,19-,20+,26+,27-/m0/s1. The number of allylic oxidation sites excluding steroid dienone is 2. The van der Waals surface area contributed by atoms with Gasteiger partial charge in [-0.2, -0.15) is 0 Å². The van der Waals surface area contributed by atoms with Crippen LogP contribution in [0.5, 0.6) is 11.5 Å². The van der Waals surface area contributed by atoms with E-state index in [1.54, 1.807) is 18.2 Å². The number of carbonyl (C=O) groups is 4. The highest BCUT2D eigenvalue weighted by Gasteiger charge is 2.76. The fourth-order valence-electron chi connectivity index (χ4n) is 6.59. The number of anilines is 1. The second kappa shape index (κ2) is 8.28. The van der Waals surface area contributed by atoms with Gasteiger partial charge in [-0.25, -0.2) is 9.29 Å². The maximum absolute atomic E-state index is 14.2. The number of rotatable bonds is 3. The van der Waals surface area contributed by atoms with Gasteiger partial charge in [0.2, 0.25) is 11.8 Å². The molecule has 2 heterocycles. The molecule has 1 saturated carbocycles. The second-order valence-corrected chi connectivity index (χ2v) is 11.2. The molecule has 8 nitrogen and oxygen atoms in total. The Kier molecular flexibility index (Phi) is 5.42. The van der Waals surface area contributed by atoms with Gasteiger partial charge in [-0.05, 0) is 49.1 Å². The van der Waals surface area contributed by atoms with Crippen molar-refractivity contribution in [2.45, 2.75) is 28.5 Å². The zero-order valence-electron chi connectivity index (χ0n) is 19.9. The minimum absolute atomic E-state index is 0.0769. The fourth-order valence-corrected chi connectivity index (χ4v) is 7.52. The first kappa shape index (κ1) is 24.9. The van der Waals surface area contributed by atoms with Crippen LogP contribution in [-0.2, 0) is 19.2 Å². The number of nitrogens with zero attached hydrogens (tertiary/aromatic N) is 1. The Labute approximate surface area is 226 Å². The molecule has 3 fully saturated rings. The van der Waals surface area contributed by atoms with Gasteiger partial charge < -0.3 is 9.84 Å². The zero-order valence-corrected chi connectivity index (χ0v) is 21.4. The third-order valence-electron chi connectivity index (χ3n) is 8.30. The quantitative estimate of drug-likeness (QED) is 0.339. The molecule has 0 unspecified atom stereocenters. The van der Waals surface area contributed by atoms with E-state index in [9.17, 15) is 28.7 Å². The number of methoxy groups -OCH3 is 1. The van der Waals surface area contributed by atoms with Crippen LogP contribution in [0.4, 0.5) is 10.1 Å². The molecular formula is C27H21Cl2FN2O6. The lowest BCUT2D eigenvalue weighted by Gasteiger charge is -2.50. The summed E-state index contributed by atoms with van der Waals surface area (Å²) in [4.78, 5) is 50.2. The van der Waals surface area contributed by atoms with Gasteiger partial charge in [0.25, 0.3) is 11.8 Å². The number of phenolic OH excluding ortho intramolecular Hbond substituents is 1. The number of phenols is 1. The summed E-state index contributed by atoms with van der Waals surface area (Å²) in [6.45, 7) is 0. The second-order valence-electron chi connectivity index (χ2n) is 10.0. The highest BCUT2D eigenvalue weighted by molar-refractivity contribution is 6.58. The number of hydrogen-bond acceptors (Lipinski definition) is 6. The molecule has 2 aromatic rings. The lowest BCUT2D eigenvalue weighted by Crippen LogP contribution is -2.60. The number of hydrogen-bond donors (Lipinski definition) is 2. The molecule has 2 aliphatic carbocycles. The Morgan fingerprint density at radius 2 is 1.74 bits per heavy atom. The summed E-state index contributed by atoms with van der Waals surface area (Å²) in [5.74, 6) is -6.66. The summed E-state index contributed by atoms with van der Waals surface area (Å²) in [5, 5.41) is 13.5. The Morgan fingerprint density at radius 3 is 2.42 bits per heavy atom. The minimum Gasteiger partial charge on any atom is -0.504 e. The number of fused-ring (bicyclic) bond motifs is 4. The van der Waals surface area contributed by atoms with Crippen LogP contribution in [0.1, 0.15) is 24.3 Å². The van der Waals surface area contributed by atoms with E-state index in [1.807, 2.05) is 0 Å². The average Bonchev–Trinajstić information content (AvgIpc) is 3.26. The Morgan fingerprint density at radius 1 is 1.03 bits per heavy atom. The van der Waals surface area contributed by atoms with Crippen molar-refractivity contribution in [1.82, 2.24) is 5.32 Å². The van der Waals surface area contributed by atoms with E-state index in [0.717, 1.165) is 17.0 Å². The van der Waals surface area contributed by atoms with Crippen molar-refractivity contribution in [3.63, 3.8) is 0 Å². The molecule has 0 aromatic heterocycles. The van der Waals surface area contributed by atoms with Crippen LogP contribution in [0, 0.1) is 23.6 Å². The van der Waals surface area contributed by atoms with E-state index >= 15 is 0 Å². The molecule has 0 spiro atoms. The summed E-state index contributed by atoms with van der Waals surface area (Å²) < 4.78 is 18.9. The van der Waals surface area contributed by atoms with Gasteiger partial charge in [0, 0.05) is 11.5 Å². The molecular weight excluding hydrogens is 538 g/mol. The number of imide groups is 2. The summed E-state index contributed by atoms with van der Waals surface area (Å²) >= 11 is 14.4. The van der Waals surface area contributed by atoms with E-state index < -0.39 is 62.9 Å². The first-order valence-electron chi connectivity index (χ1n) is 12.0. The summed E-state index contributed by atoms with van der Waals surface area (Å²) in [6, 6.07) is 9.43. The van der Waals surface area contributed by atoms with Gasteiger partial charge in [0.1, 0.15) is 5.82 Å². The Bertz CT molecular complexity index is 1460. The van der Waals surface area contributed by atoms with Crippen LogP contribution in [-0.4, -0.2) is 45.6 Å². The minimum atomic E-state index is -2.13. The highest BCUT2D eigenvalue weighted by atomic mass is 35.5. The number of carbonyl (C=O) groups excluding carboxylic acids is 4. The van der Waals surface area contributed by atoms with Gasteiger partial charge in [0.05, 0.1) is 24.6 Å². The van der Waals surface area contributed by atoms with Crippen molar-refractivity contribution in [2.75, 3.05) is 12.0 Å². The molecule has 2 saturated heterocycles. The van der Waals surface area contributed by atoms with Gasteiger partial charge >= 0.3 is 0 Å². The summed E-state index contributed by atoms with van der Waals surface area (Å²) in [5.41, 5.74) is 0.798. The van der Waals surface area contributed by atoms with E-state index in [4.69, 9.17) is 27.9 Å². The molecule has 2 aromatic carbocycles. The molecule has 6 atom stereocenters. The van der Waals surface area contributed by atoms with Crippen molar-refractivity contribution < 1.29 is 33.4 Å². The molecule has 2 aliphatic heterocycles. The predicted molar refractivity (Wildman–Crippen MR) is 134 cm³/mol. The maximum Gasteiger partial charge on any atom is 0.258 e. The third kappa shape index (κ3) is 3.03. The Balaban J connectivity index is 1.60. The molecule has 0 radical (unpaired) electrons. The normalized spacial score (nSPS) is 33.9. The zero-order chi connectivity index (χ0) is 27.1. The number of halogens is 3. The van der Waals surface area contributed by atoms with Crippen molar-refractivity contribution in [1.29, 1.82) is 0 Å². The summed E-state index contributed by atoms with van der Waals surface area (Å²) in [7, 11) is 1.37. The van der Waals surface area contributed by atoms with Gasteiger partial charge in [-0.1, -0.05) is 23.8 Å². The number of alkyl halides is 2. The highest BCUT2D eigenvalue weighted by Crippen LogP contribution is 2.66. The van der Waals surface area contributed by atoms with E-state index in [1.165, 1.54) is 25.3 Å². The number of aromatic hydroxyl groups is 1. The van der Waals surface area contributed by atoms with Gasteiger partial charge in [-0.15, -0.1) is 23.2 Å². The smallest absolute Gasteiger partial charge is 0.258 e. The van der Waals surface area contributed by atoms with E-state index in [-0.39, 0.29) is 35.6 Å². The lowest BCUT2D eigenvalue weighted by atomic mass is 9.56. The molecule has 6 rings (SSSR count). The van der Waals surface area contributed by atoms with Crippen LogP contribution in [0.25, 0.3) is 0 Å². The number of para-hydroxylation sites is 1. The number of nitrogens with one attached hydrogen (secondary N) is 1. The first-order chi connectivity index (χ1) is 18.0. The van der Waals surface area contributed by atoms with Crippen LogP contribution < -0.4 is 15.0 Å². The van der Waals surface area contributed by atoms with Gasteiger partial charge in [0.15, 0.2) is 21.2 Å². The van der Waals surface area contributed by atoms with Crippen LogP contribution in [0.15, 0.2) is 54.1 Å². The van der Waals surface area contributed by atoms with Crippen molar-refractivity contribution in [2.24, 2.45) is 17.8 Å². The molecule has 2 N–H and O–H groups in total. The molecule has 196 valence electrons. The van der Waals surface area contributed by atoms with Crippen molar-refractivity contribution in [3.05, 3.63) is 65.5 Å². The fraction of sp³-hybridized carbons (Fsp3) is 0.333. The van der Waals surface area contributed by atoms with Crippen LogP contribution >= 0.6 is 23.2 Å². The topological polar surface area (TPSA) is 113 Å². The molecule has 38 heavy (non-hydrogen) atoms. The summed E-state index contributed by atoms with van der Waals surface area (Å²) in [6.07, 6.45) is 1.77. The molecule has 0 bridgehead atoms. The number of ether oxygens (including phenoxy) is 1. The average molecular weight is 559 g/mol. The SMILES string of the molecule is COc1cccc([C@H]2C3=CC[C@@H]4C(=O)NC(=O)[C@@H]4[C@@H]3C[C@@]3(Cl)C(=O)N(c4ccc(F)cc4)C(=O)[C@@]23Cl)c1O. The predicted octanol–water partition coefficient (Wildman–Crippen LogP) is 3.39. The van der Waals surface area contributed by atoms with Crippen molar-refractivity contribution >= 4 is 52.5 Å². The lowest BCUT2D eigenvalue weighted by molar-refractivity contribution is -0.127. The van der Waals surface area contributed by atoms with Crippen molar-refractivity contribution in [3.8, 4) is 11.5 Å². The van der Waals surface area contributed by atoms with E-state index in [0.29, 0.717) is 5.57 Å².